The highest BCUT2D eigenvalue weighted by Crippen LogP contribution is 2.45. The second kappa shape index (κ2) is 8.17. The number of phenolic OH excluding ortho intramolecular Hbond substituents is 1. The summed E-state index contributed by atoms with van der Waals surface area (Å²) < 4.78 is 0. The number of hydrogen-bond donors (Lipinski definition) is 2. The summed E-state index contributed by atoms with van der Waals surface area (Å²) in [4.78, 5) is 11.5. The number of fused-ring (bicyclic) bond motifs is 4. The van der Waals surface area contributed by atoms with Crippen LogP contribution in [0.3, 0.4) is 0 Å². The van der Waals surface area contributed by atoms with Gasteiger partial charge in [0.2, 0.25) is 0 Å². The number of aromatic nitrogens is 2. The first kappa shape index (κ1) is 20.9. The minimum atomic E-state index is 0.208. The van der Waals surface area contributed by atoms with Crippen molar-refractivity contribution in [3.8, 4) is 5.75 Å². The Hall–Kier alpha value is -2.99. The van der Waals surface area contributed by atoms with Gasteiger partial charge in [0.25, 0.3) is 0 Å². The molecule has 2 heterocycles. The van der Waals surface area contributed by atoms with Gasteiger partial charge < -0.3 is 5.11 Å². The number of thiophene rings is 1. The Morgan fingerprint density at radius 1 is 1.22 bits per heavy atom. The Balaban J connectivity index is 1.49. The molecule has 164 valence electrons. The smallest absolute Gasteiger partial charge is 0.158 e. The van der Waals surface area contributed by atoms with E-state index in [4.69, 9.17) is 0 Å². The maximum absolute atomic E-state index is 10.4. The molecule has 1 atom stereocenters. The number of rotatable bonds is 5. The van der Waals surface area contributed by atoms with E-state index in [0.29, 0.717) is 16.9 Å². The first-order chi connectivity index (χ1) is 15.5. The fourth-order valence-corrected chi connectivity index (χ4v) is 5.91. The lowest BCUT2D eigenvalue weighted by atomic mass is 9.69. The third-order valence-electron chi connectivity index (χ3n) is 7.17. The normalized spacial score (nSPS) is 16.7. The van der Waals surface area contributed by atoms with Crippen LogP contribution in [0, 0.1) is 11.3 Å². The number of hydrogen-bond acceptors (Lipinski definition) is 6. The molecule has 0 spiro atoms. The molecule has 1 aliphatic rings. The molecule has 0 saturated heterocycles. The van der Waals surface area contributed by atoms with Crippen molar-refractivity contribution in [3.05, 3.63) is 58.7 Å². The average Bonchev–Trinajstić information content (AvgIpc) is 3.19. The van der Waals surface area contributed by atoms with E-state index >= 15 is 0 Å². The van der Waals surface area contributed by atoms with Gasteiger partial charge in [-0.2, -0.15) is 5.10 Å². The number of nitrogens with one attached hydrogen (secondary N) is 1. The maximum atomic E-state index is 10.4. The molecular formula is C26H28N4OS. The molecular weight excluding hydrogens is 416 g/mol. The lowest BCUT2D eigenvalue weighted by Gasteiger charge is -2.36. The van der Waals surface area contributed by atoms with Crippen LogP contribution in [0.1, 0.15) is 49.6 Å². The molecule has 0 aliphatic heterocycles. The maximum Gasteiger partial charge on any atom is 0.158 e. The van der Waals surface area contributed by atoms with Gasteiger partial charge in [0.15, 0.2) is 5.82 Å². The van der Waals surface area contributed by atoms with Gasteiger partial charge in [0.1, 0.15) is 16.9 Å². The second-order valence-electron chi connectivity index (χ2n) is 9.28. The number of hydrazone groups is 1. The first-order valence-corrected chi connectivity index (χ1v) is 12.0. The van der Waals surface area contributed by atoms with Crippen molar-refractivity contribution < 1.29 is 5.11 Å². The van der Waals surface area contributed by atoms with Crippen LogP contribution in [0.25, 0.3) is 21.0 Å². The van der Waals surface area contributed by atoms with Gasteiger partial charge in [-0.25, -0.2) is 9.97 Å². The summed E-state index contributed by atoms with van der Waals surface area (Å²) in [7, 11) is 0. The van der Waals surface area contributed by atoms with Crippen molar-refractivity contribution in [1.29, 1.82) is 0 Å². The minimum absolute atomic E-state index is 0.208. The molecule has 32 heavy (non-hydrogen) atoms. The Kier molecular flexibility index (Phi) is 5.33. The van der Waals surface area contributed by atoms with Gasteiger partial charge in [0, 0.05) is 10.4 Å². The molecule has 1 unspecified atom stereocenters. The molecule has 5 nitrogen and oxygen atoms in total. The monoisotopic (exact) mass is 444 g/mol. The summed E-state index contributed by atoms with van der Waals surface area (Å²) in [5.74, 6) is 1.60. The van der Waals surface area contributed by atoms with E-state index in [0.717, 1.165) is 39.6 Å². The van der Waals surface area contributed by atoms with Crippen molar-refractivity contribution >= 4 is 44.4 Å². The standard InChI is InChI=1S/C26H28N4OS/c1-4-26(2,3)17-10-12-22-19(13-17)23-24(27-15-28-25(23)32-22)30-29-14-20-18-8-6-5-7-16(18)9-11-21(20)31/h5-9,11,14-15,17,31H,4,10,12-13H2,1-3H3,(H,27,28,30)/b29-14+. The van der Waals surface area contributed by atoms with Crippen LogP contribution >= 0.6 is 11.3 Å². The van der Waals surface area contributed by atoms with Crippen molar-refractivity contribution in [3.63, 3.8) is 0 Å². The van der Waals surface area contributed by atoms with Gasteiger partial charge in [-0.3, -0.25) is 5.43 Å². The van der Waals surface area contributed by atoms with Gasteiger partial charge in [-0.05, 0) is 53.0 Å². The zero-order chi connectivity index (χ0) is 22.3. The number of aryl methyl sites for hydroxylation is 1. The number of nitrogens with zero attached hydrogens (tertiary/aromatic N) is 3. The Bertz CT molecular complexity index is 1320. The van der Waals surface area contributed by atoms with Crippen LogP contribution in [-0.2, 0) is 12.8 Å². The summed E-state index contributed by atoms with van der Waals surface area (Å²) in [6, 6.07) is 11.6. The molecule has 1 aliphatic carbocycles. The van der Waals surface area contributed by atoms with Gasteiger partial charge in [0.05, 0.1) is 11.6 Å². The van der Waals surface area contributed by atoms with E-state index in [2.05, 4.69) is 41.3 Å². The zero-order valence-electron chi connectivity index (χ0n) is 18.7. The third kappa shape index (κ3) is 3.62. The Labute approximate surface area is 192 Å². The van der Waals surface area contributed by atoms with Crippen molar-refractivity contribution in [1.82, 2.24) is 9.97 Å². The van der Waals surface area contributed by atoms with E-state index in [1.807, 2.05) is 30.3 Å². The Morgan fingerprint density at radius 2 is 2.06 bits per heavy atom. The quantitative estimate of drug-likeness (QED) is 0.271. The largest absolute Gasteiger partial charge is 0.507 e. The lowest BCUT2D eigenvalue weighted by molar-refractivity contribution is 0.184. The number of anilines is 1. The van der Waals surface area contributed by atoms with Crippen LogP contribution in [0.5, 0.6) is 5.75 Å². The average molecular weight is 445 g/mol. The molecule has 0 radical (unpaired) electrons. The van der Waals surface area contributed by atoms with Crippen molar-refractivity contribution in [2.45, 2.75) is 46.5 Å². The molecule has 2 N–H and O–H groups in total. The van der Waals surface area contributed by atoms with Crippen molar-refractivity contribution in [2.24, 2.45) is 16.4 Å². The fourth-order valence-electron chi connectivity index (χ4n) is 4.73. The molecule has 0 saturated carbocycles. The zero-order valence-corrected chi connectivity index (χ0v) is 19.5. The van der Waals surface area contributed by atoms with E-state index in [-0.39, 0.29) is 5.75 Å². The summed E-state index contributed by atoms with van der Waals surface area (Å²) in [5.41, 5.74) is 5.54. The minimum Gasteiger partial charge on any atom is -0.507 e. The summed E-state index contributed by atoms with van der Waals surface area (Å²) in [5, 5.41) is 18.0. The first-order valence-electron chi connectivity index (χ1n) is 11.2. The van der Waals surface area contributed by atoms with Crippen LogP contribution in [0.2, 0.25) is 0 Å². The van der Waals surface area contributed by atoms with Gasteiger partial charge >= 0.3 is 0 Å². The van der Waals surface area contributed by atoms with Gasteiger partial charge in [-0.15, -0.1) is 11.3 Å². The molecule has 6 heteroatoms. The predicted molar refractivity (Wildman–Crippen MR) is 134 cm³/mol. The molecule has 4 aromatic rings. The molecule has 0 amide bonds. The predicted octanol–water partition coefficient (Wildman–Crippen LogP) is 6.54. The van der Waals surface area contributed by atoms with E-state index in [1.54, 1.807) is 29.9 Å². The van der Waals surface area contributed by atoms with Crippen molar-refractivity contribution in [2.75, 3.05) is 5.43 Å². The summed E-state index contributed by atoms with van der Waals surface area (Å²) in [6.07, 6.45) is 7.85. The lowest BCUT2D eigenvalue weighted by Crippen LogP contribution is -2.28. The Morgan fingerprint density at radius 3 is 2.91 bits per heavy atom. The van der Waals surface area contributed by atoms with Crippen LogP contribution in [-0.4, -0.2) is 21.3 Å². The van der Waals surface area contributed by atoms with Crippen LogP contribution in [0.4, 0.5) is 5.82 Å². The topological polar surface area (TPSA) is 70.4 Å². The molecule has 0 fully saturated rings. The van der Waals surface area contributed by atoms with E-state index in [9.17, 15) is 5.11 Å². The molecule has 2 aromatic heterocycles. The second-order valence-corrected chi connectivity index (χ2v) is 10.4. The summed E-state index contributed by atoms with van der Waals surface area (Å²) >= 11 is 1.79. The highest BCUT2D eigenvalue weighted by molar-refractivity contribution is 7.19. The van der Waals surface area contributed by atoms with E-state index in [1.165, 1.54) is 23.3 Å². The highest BCUT2D eigenvalue weighted by atomic mass is 32.1. The summed E-state index contributed by atoms with van der Waals surface area (Å²) in [6.45, 7) is 7.05. The van der Waals surface area contributed by atoms with E-state index < -0.39 is 0 Å². The molecule has 5 rings (SSSR count). The number of benzene rings is 2. The molecule has 0 bridgehead atoms. The fraction of sp³-hybridized carbons (Fsp3) is 0.346. The SMILES string of the molecule is CCC(C)(C)C1CCc2sc3ncnc(N/N=C/c4c(O)ccc5ccccc45)c3c2C1. The van der Waals surface area contributed by atoms with Crippen LogP contribution in [0.15, 0.2) is 47.8 Å². The number of aromatic hydroxyl groups is 1. The number of phenols is 1. The van der Waals surface area contributed by atoms with Gasteiger partial charge in [-0.1, -0.05) is 57.5 Å². The molecule has 2 aromatic carbocycles. The van der Waals surface area contributed by atoms with Crippen LogP contribution < -0.4 is 5.43 Å². The highest BCUT2D eigenvalue weighted by Gasteiger charge is 2.33. The third-order valence-corrected chi connectivity index (χ3v) is 8.37.